The molecule has 0 saturated heterocycles. The smallest absolute Gasteiger partial charge is 0.125 e. The number of halogens is 1. The fourth-order valence-electron chi connectivity index (χ4n) is 0.581. The van der Waals surface area contributed by atoms with Crippen molar-refractivity contribution >= 4 is 17.9 Å². The summed E-state index contributed by atoms with van der Waals surface area (Å²) in [4.78, 5) is 10.3. The monoisotopic (exact) mass is 148 g/mol. The summed E-state index contributed by atoms with van der Waals surface area (Å²) in [6.07, 6.45) is 2.80. The van der Waals surface area contributed by atoms with Crippen molar-refractivity contribution in [2.24, 2.45) is 5.41 Å². The summed E-state index contributed by atoms with van der Waals surface area (Å²) in [5, 5.41) is 0. The van der Waals surface area contributed by atoms with E-state index in [4.69, 9.17) is 11.6 Å². The van der Waals surface area contributed by atoms with Gasteiger partial charge in [0, 0.05) is 11.3 Å². The number of alkyl halides is 1. The van der Waals surface area contributed by atoms with Gasteiger partial charge in [0.25, 0.3) is 0 Å². The zero-order valence-electron chi connectivity index (χ0n) is 5.98. The number of carbonyl (C=O) groups is 1. The Kier molecular flexibility index (Phi) is 3.87. The van der Waals surface area contributed by atoms with Gasteiger partial charge in [0.1, 0.15) is 6.29 Å². The molecule has 0 aliphatic carbocycles. The van der Waals surface area contributed by atoms with Crippen LogP contribution in [0.5, 0.6) is 0 Å². The molecule has 0 aliphatic heterocycles. The van der Waals surface area contributed by atoms with Crippen LogP contribution in [0.3, 0.4) is 0 Å². The predicted molar refractivity (Wildman–Crippen MR) is 39.8 cm³/mol. The van der Waals surface area contributed by atoms with E-state index in [-0.39, 0.29) is 5.41 Å². The van der Waals surface area contributed by atoms with Crippen LogP contribution in [0.25, 0.3) is 0 Å². The van der Waals surface area contributed by atoms with Crippen molar-refractivity contribution < 1.29 is 4.79 Å². The van der Waals surface area contributed by atoms with Gasteiger partial charge in [-0.15, -0.1) is 11.6 Å². The first-order chi connectivity index (χ1) is 4.12. The topological polar surface area (TPSA) is 17.1 Å². The number of rotatable bonds is 4. The van der Waals surface area contributed by atoms with Gasteiger partial charge in [-0.05, 0) is 12.8 Å². The Hall–Kier alpha value is -0.0400. The Morgan fingerprint density at radius 1 is 1.56 bits per heavy atom. The molecule has 1 nitrogen and oxygen atoms in total. The third kappa shape index (κ3) is 4.46. The van der Waals surface area contributed by atoms with E-state index in [2.05, 4.69) is 0 Å². The van der Waals surface area contributed by atoms with E-state index in [1.165, 1.54) is 0 Å². The molecule has 0 atom stereocenters. The second-order valence-electron chi connectivity index (χ2n) is 2.90. The van der Waals surface area contributed by atoms with Gasteiger partial charge in [0.15, 0.2) is 0 Å². The predicted octanol–water partition coefficient (Wildman–Crippen LogP) is 2.23. The Morgan fingerprint density at radius 2 is 2.11 bits per heavy atom. The summed E-state index contributed by atoms with van der Waals surface area (Å²) in [6.45, 7) is 3.85. The molecule has 0 radical (unpaired) electrons. The molecule has 0 aromatic carbocycles. The lowest BCUT2D eigenvalue weighted by atomic mass is 9.90. The molecule has 0 amide bonds. The van der Waals surface area contributed by atoms with Gasteiger partial charge < -0.3 is 4.79 Å². The molecule has 0 heterocycles. The molecule has 2 heteroatoms. The third-order valence-electron chi connectivity index (χ3n) is 1.27. The maximum Gasteiger partial charge on any atom is 0.125 e. The van der Waals surface area contributed by atoms with Crippen LogP contribution in [-0.2, 0) is 4.79 Å². The molecule has 0 bridgehead atoms. The molecule has 0 unspecified atom stereocenters. The molecule has 0 rings (SSSR count). The minimum atomic E-state index is -0.172. The number of hydrogen-bond donors (Lipinski definition) is 0. The molecule has 9 heavy (non-hydrogen) atoms. The highest BCUT2D eigenvalue weighted by atomic mass is 35.5. The summed E-state index contributed by atoms with van der Waals surface area (Å²) >= 11 is 5.45. The van der Waals surface area contributed by atoms with Gasteiger partial charge in [-0.3, -0.25) is 0 Å². The largest absolute Gasteiger partial charge is 0.303 e. The summed E-state index contributed by atoms with van der Waals surface area (Å²) in [7, 11) is 0. The minimum absolute atomic E-state index is 0.172. The van der Waals surface area contributed by atoms with Crippen LogP contribution in [0.2, 0.25) is 0 Å². The zero-order chi connectivity index (χ0) is 7.33. The van der Waals surface area contributed by atoms with Crippen molar-refractivity contribution in [3.05, 3.63) is 0 Å². The van der Waals surface area contributed by atoms with Crippen LogP contribution >= 0.6 is 11.6 Å². The van der Waals surface area contributed by atoms with Crippen molar-refractivity contribution in [1.82, 2.24) is 0 Å². The summed E-state index contributed by atoms with van der Waals surface area (Å²) < 4.78 is 0. The van der Waals surface area contributed by atoms with E-state index >= 15 is 0 Å². The fourth-order valence-corrected chi connectivity index (χ4v) is 0.715. The van der Waals surface area contributed by atoms with E-state index in [1.807, 2.05) is 13.8 Å². The Morgan fingerprint density at radius 3 is 2.44 bits per heavy atom. The lowest BCUT2D eigenvalue weighted by molar-refractivity contribution is -0.114. The summed E-state index contributed by atoms with van der Waals surface area (Å²) in [5.41, 5.74) is -0.172. The number of carbonyl (C=O) groups excluding carboxylic acids is 1. The summed E-state index contributed by atoms with van der Waals surface area (Å²) in [5.74, 6) is 0.650. The van der Waals surface area contributed by atoms with Gasteiger partial charge >= 0.3 is 0 Å². The highest BCUT2D eigenvalue weighted by Crippen LogP contribution is 2.18. The second-order valence-corrected chi connectivity index (χ2v) is 3.28. The first kappa shape index (κ1) is 8.96. The Balaban J connectivity index is 3.45. The van der Waals surface area contributed by atoms with Crippen LogP contribution in [0.1, 0.15) is 26.7 Å². The molecule has 0 fully saturated rings. The zero-order valence-corrected chi connectivity index (χ0v) is 6.74. The lowest BCUT2D eigenvalue weighted by Crippen LogP contribution is -2.12. The molecular formula is C7H13ClO. The molecule has 0 saturated carbocycles. The average Bonchev–Trinajstić information content (AvgIpc) is 1.84. The van der Waals surface area contributed by atoms with Gasteiger partial charge in [0.2, 0.25) is 0 Å². The number of hydrogen-bond acceptors (Lipinski definition) is 1. The van der Waals surface area contributed by atoms with E-state index in [9.17, 15) is 4.79 Å². The van der Waals surface area contributed by atoms with E-state index in [1.54, 1.807) is 0 Å². The van der Waals surface area contributed by atoms with Crippen LogP contribution in [0.15, 0.2) is 0 Å². The van der Waals surface area contributed by atoms with Gasteiger partial charge in [-0.1, -0.05) is 13.8 Å². The van der Waals surface area contributed by atoms with E-state index in [0.29, 0.717) is 5.88 Å². The highest BCUT2D eigenvalue weighted by Gasteiger charge is 2.14. The van der Waals surface area contributed by atoms with Crippen molar-refractivity contribution in [1.29, 1.82) is 0 Å². The first-order valence-electron chi connectivity index (χ1n) is 3.15. The van der Waals surface area contributed by atoms with Crippen LogP contribution in [-0.4, -0.2) is 12.2 Å². The fraction of sp³-hybridized carbons (Fsp3) is 0.857. The molecule has 54 valence electrons. The van der Waals surface area contributed by atoms with Crippen molar-refractivity contribution in [3.63, 3.8) is 0 Å². The summed E-state index contributed by atoms with van der Waals surface area (Å²) in [6, 6.07) is 0. The maximum atomic E-state index is 10.3. The Bertz CT molecular complexity index is 88.9. The first-order valence-corrected chi connectivity index (χ1v) is 3.68. The van der Waals surface area contributed by atoms with Crippen molar-refractivity contribution in [2.45, 2.75) is 26.7 Å². The standard InChI is InChI=1S/C7H13ClO/c1-7(2,6-9)4-3-5-8/h6H,3-5H2,1-2H3. The SMILES string of the molecule is CC(C)(C=O)CCCCl. The Labute approximate surface area is 61.4 Å². The minimum Gasteiger partial charge on any atom is -0.303 e. The average molecular weight is 149 g/mol. The third-order valence-corrected chi connectivity index (χ3v) is 1.54. The molecule has 0 aliphatic rings. The normalized spacial score (nSPS) is 11.4. The van der Waals surface area contributed by atoms with Crippen molar-refractivity contribution in [2.75, 3.05) is 5.88 Å². The molecule has 0 spiro atoms. The molecule has 0 aromatic rings. The van der Waals surface area contributed by atoms with E-state index in [0.717, 1.165) is 19.1 Å². The van der Waals surface area contributed by atoms with Gasteiger partial charge in [-0.2, -0.15) is 0 Å². The van der Waals surface area contributed by atoms with Gasteiger partial charge in [0.05, 0.1) is 0 Å². The van der Waals surface area contributed by atoms with Gasteiger partial charge in [-0.25, -0.2) is 0 Å². The van der Waals surface area contributed by atoms with Crippen LogP contribution < -0.4 is 0 Å². The van der Waals surface area contributed by atoms with E-state index < -0.39 is 0 Å². The highest BCUT2D eigenvalue weighted by molar-refractivity contribution is 6.17. The van der Waals surface area contributed by atoms with Crippen LogP contribution in [0, 0.1) is 5.41 Å². The quantitative estimate of drug-likeness (QED) is 0.442. The molecule has 0 aromatic heterocycles. The lowest BCUT2D eigenvalue weighted by Gasteiger charge is -2.14. The molecular weight excluding hydrogens is 136 g/mol. The number of aldehydes is 1. The second kappa shape index (κ2) is 3.89. The molecule has 0 N–H and O–H groups in total. The van der Waals surface area contributed by atoms with Crippen molar-refractivity contribution in [3.8, 4) is 0 Å². The van der Waals surface area contributed by atoms with Crippen LogP contribution in [0.4, 0.5) is 0 Å². The maximum absolute atomic E-state index is 10.3.